The number of anilines is 2. The normalized spacial score (nSPS) is 13.6. The molecule has 0 atom stereocenters. The Balaban J connectivity index is 1.86. The summed E-state index contributed by atoms with van der Waals surface area (Å²) in [5, 5.41) is 0. The number of sulfonamides is 1. The molecule has 1 amide bonds. The van der Waals surface area contributed by atoms with E-state index < -0.39 is 10.0 Å². The number of carbonyl (C=O) groups excluding carboxylic acids is 2. The highest BCUT2D eigenvalue weighted by atomic mass is 32.2. The highest BCUT2D eigenvalue weighted by molar-refractivity contribution is 7.92. The average Bonchev–Trinajstić information content (AvgIpc) is 3.03. The molecule has 0 saturated heterocycles. The lowest BCUT2D eigenvalue weighted by atomic mass is 10.1. The van der Waals surface area contributed by atoms with Crippen LogP contribution in [0.2, 0.25) is 0 Å². The van der Waals surface area contributed by atoms with Gasteiger partial charge in [0.15, 0.2) is 5.78 Å². The molecule has 0 saturated carbocycles. The van der Waals surface area contributed by atoms with Crippen LogP contribution < -0.4 is 9.62 Å². The standard InChI is InChI=1S/C20H22N2O4S/c1-13(2)20(24)22-10-9-16-11-17(7-8-19(16)22)21-27(25,26)18-6-4-5-15(12-18)14(3)23/h4-8,11-13,21H,9-10H2,1-3H3. The Morgan fingerprint density at radius 2 is 1.85 bits per heavy atom. The number of nitrogens with one attached hydrogen (secondary N) is 1. The van der Waals surface area contributed by atoms with Crippen LogP contribution in [0, 0.1) is 5.92 Å². The quantitative estimate of drug-likeness (QED) is 0.800. The highest BCUT2D eigenvalue weighted by Crippen LogP contribution is 2.32. The first-order valence-corrected chi connectivity index (χ1v) is 10.3. The number of benzene rings is 2. The first-order chi connectivity index (χ1) is 12.7. The van der Waals surface area contributed by atoms with E-state index >= 15 is 0 Å². The number of hydrogen-bond acceptors (Lipinski definition) is 4. The van der Waals surface area contributed by atoms with Gasteiger partial charge in [-0.15, -0.1) is 0 Å². The van der Waals surface area contributed by atoms with Gasteiger partial charge in [0.05, 0.1) is 4.90 Å². The molecule has 27 heavy (non-hydrogen) atoms. The van der Waals surface area contributed by atoms with Gasteiger partial charge in [-0.25, -0.2) is 8.42 Å². The molecule has 0 radical (unpaired) electrons. The molecule has 142 valence electrons. The molecule has 0 aromatic heterocycles. The van der Waals surface area contributed by atoms with Crippen molar-refractivity contribution in [1.29, 1.82) is 0 Å². The van der Waals surface area contributed by atoms with Gasteiger partial charge in [0.2, 0.25) is 5.91 Å². The molecule has 3 rings (SSSR count). The van der Waals surface area contributed by atoms with Crippen molar-refractivity contribution in [2.24, 2.45) is 5.92 Å². The molecule has 1 aliphatic heterocycles. The Bertz CT molecular complexity index is 1010. The predicted molar refractivity (Wildman–Crippen MR) is 105 cm³/mol. The van der Waals surface area contributed by atoms with Crippen LogP contribution in [0.3, 0.4) is 0 Å². The molecule has 0 fully saturated rings. The van der Waals surface area contributed by atoms with Crippen molar-refractivity contribution < 1.29 is 18.0 Å². The van der Waals surface area contributed by atoms with E-state index in [1.807, 2.05) is 13.8 Å². The Labute approximate surface area is 159 Å². The summed E-state index contributed by atoms with van der Waals surface area (Å²) < 4.78 is 27.9. The summed E-state index contributed by atoms with van der Waals surface area (Å²) in [5.74, 6) is -0.231. The lowest BCUT2D eigenvalue weighted by molar-refractivity contribution is -0.121. The summed E-state index contributed by atoms with van der Waals surface area (Å²) in [6.07, 6.45) is 0.684. The van der Waals surface area contributed by atoms with E-state index in [1.165, 1.54) is 19.1 Å². The van der Waals surface area contributed by atoms with Crippen molar-refractivity contribution >= 4 is 33.1 Å². The first-order valence-electron chi connectivity index (χ1n) is 8.77. The van der Waals surface area contributed by atoms with Gasteiger partial charge in [-0.2, -0.15) is 0 Å². The van der Waals surface area contributed by atoms with E-state index in [4.69, 9.17) is 0 Å². The topological polar surface area (TPSA) is 83.6 Å². The van der Waals surface area contributed by atoms with Gasteiger partial charge in [0, 0.05) is 29.4 Å². The Kier molecular flexibility index (Phi) is 5.06. The Morgan fingerprint density at radius 3 is 2.52 bits per heavy atom. The molecule has 0 unspecified atom stereocenters. The largest absolute Gasteiger partial charge is 0.312 e. The third-order valence-electron chi connectivity index (χ3n) is 4.54. The number of amides is 1. The van der Waals surface area contributed by atoms with E-state index in [0.717, 1.165) is 11.3 Å². The number of ketones is 1. The lowest BCUT2D eigenvalue weighted by Crippen LogP contribution is -2.32. The zero-order chi connectivity index (χ0) is 19.8. The van der Waals surface area contributed by atoms with Crippen molar-refractivity contribution in [3.63, 3.8) is 0 Å². The minimum Gasteiger partial charge on any atom is -0.312 e. The van der Waals surface area contributed by atoms with Crippen LogP contribution in [0.15, 0.2) is 47.4 Å². The molecule has 7 heteroatoms. The van der Waals surface area contributed by atoms with Crippen LogP contribution in [0.5, 0.6) is 0 Å². The van der Waals surface area contributed by atoms with E-state index in [2.05, 4.69) is 4.72 Å². The SMILES string of the molecule is CC(=O)c1cccc(S(=O)(=O)Nc2ccc3c(c2)CCN3C(=O)C(C)C)c1. The fraction of sp³-hybridized carbons (Fsp3) is 0.300. The van der Waals surface area contributed by atoms with Gasteiger partial charge in [-0.3, -0.25) is 14.3 Å². The van der Waals surface area contributed by atoms with Crippen LogP contribution >= 0.6 is 0 Å². The molecule has 0 spiro atoms. The summed E-state index contributed by atoms with van der Waals surface area (Å²) in [5.41, 5.74) is 2.53. The van der Waals surface area contributed by atoms with Crippen molar-refractivity contribution in [1.82, 2.24) is 0 Å². The number of nitrogens with zero attached hydrogens (tertiary/aromatic N) is 1. The van der Waals surface area contributed by atoms with Crippen LogP contribution in [0.4, 0.5) is 11.4 Å². The van der Waals surface area contributed by atoms with Crippen molar-refractivity contribution in [3.8, 4) is 0 Å². The van der Waals surface area contributed by atoms with Crippen LogP contribution in [0.1, 0.15) is 36.7 Å². The summed E-state index contributed by atoms with van der Waals surface area (Å²) in [7, 11) is -3.81. The Hall–Kier alpha value is -2.67. The zero-order valence-electron chi connectivity index (χ0n) is 15.5. The number of hydrogen-bond donors (Lipinski definition) is 1. The maximum absolute atomic E-state index is 12.7. The maximum Gasteiger partial charge on any atom is 0.261 e. The van der Waals surface area contributed by atoms with Crippen LogP contribution in [-0.2, 0) is 21.2 Å². The van der Waals surface area contributed by atoms with Gasteiger partial charge < -0.3 is 4.90 Å². The second-order valence-electron chi connectivity index (χ2n) is 6.93. The van der Waals surface area contributed by atoms with Crippen molar-refractivity contribution in [2.75, 3.05) is 16.2 Å². The van der Waals surface area contributed by atoms with Gasteiger partial charge in [-0.05, 0) is 49.2 Å². The van der Waals surface area contributed by atoms with E-state index in [1.54, 1.807) is 35.2 Å². The Morgan fingerprint density at radius 1 is 1.11 bits per heavy atom. The maximum atomic E-state index is 12.7. The third-order valence-corrected chi connectivity index (χ3v) is 5.92. The number of Topliss-reactive ketones (excluding diaryl/α,β-unsaturated/α-hetero) is 1. The number of carbonyl (C=O) groups is 2. The molecule has 2 aromatic carbocycles. The summed E-state index contributed by atoms with van der Waals surface area (Å²) >= 11 is 0. The fourth-order valence-corrected chi connectivity index (χ4v) is 4.20. The molecule has 1 aliphatic rings. The van der Waals surface area contributed by atoms with Gasteiger partial charge in [0.25, 0.3) is 10.0 Å². The van der Waals surface area contributed by atoms with Gasteiger partial charge in [0.1, 0.15) is 0 Å². The second kappa shape index (κ2) is 7.15. The van der Waals surface area contributed by atoms with E-state index in [-0.39, 0.29) is 22.5 Å². The average molecular weight is 386 g/mol. The summed E-state index contributed by atoms with van der Waals surface area (Å²) in [4.78, 5) is 25.6. The number of fused-ring (bicyclic) bond motifs is 1. The molecule has 1 heterocycles. The minimum absolute atomic E-state index is 0.0345. The molecule has 0 bridgehead atoms. The lowest BCUT2D eigenvalue weighted by Gasteiger charge is -2.19. The smallest absolute Gasteiger partial charge is 0.261 e. The highest BCUT2D eigenvalue weighted by Gasteiger charge is 2.27. The monoisotopic (exact) mass is 386 g/mol. The minimum atomic E-state index is -3.81. The molecule has 0 aliphatic carbocycles. The zero-order valence-corrected chi connectivity index (χ0v) is 16.3. The van der Waals surface area contributed by atoms with Crippen molar-refractivity contribution in [2.45, 2.75) is 32.1 Å². The van der Waals surface area contributed by atoms with Crippen LogP contribution in [-0.4, -0.2) is 26.7 Å². The van der Waals surface area contributed by atoms with Crippen LogP contribution in [0.25, 0.3) is 0 Å². The first kappa shape index (κ1) is 19.1. The number of rotatable bonds is 5. The fourth-order valence-electron chi connectivity index (χ4n) is 3.10. The third kappa shape index (κ3) is 3.88. The predicted octanol–water partition coefficient (Wildman–Crippen LogP) is 3.24. The van der Waals surface area contributed by atoms with Crippen molar-refractivity contribution in [3.05, 3.63) is 53.6 Å². The molecule has 2 aromatic rings. The molecular weight excluding hydrogens is 364 g/mol. The molecule has 1 N–H and O–H groups in total. The van der Waals surface area contributed by atoms with Gasteiger partial charge in [-0.1, -0.05) is 26.0 Å². The van der Waals surface area contributed by atoms with E-state index in [9.17, 15) is 18.0 Å². The molecular formula is C20H22N2O4S. The summed E-state index contributed by atoms with van der Waals surface area (Å²) in [6, 6.07) is 11.1. The summed E-state index contributed by atoms with van der Waals surface area (Å²) in [6.45, 7) is 5.71. The second-order valence-corrected chi connectivity index (χ2v) is 8.61. The molecule has 6 nitrogen and oxygen atoms in total. The van der Waals surface area contributed by atoms with E-state index in [0.29, 0.717) is 24.2 Å². The van der Waals surface area contributed by atoms with Gasteiger partial charge >= 0.3 is 0 Å².